The summed E-state index contributed by atoms with van der Waals surface area (Å²) in [4.78, 5) is 7.79. The molecule has 82 valence electrons. The lowest BCUT2D eigenvalue weighted by Gasteiger charge is -2.08. The van der Waals surface area contributed by atoms with Gasteiger partial charge in [-0.05, 0) is 12.2 Å². The van der Waals surface area contributed by atoms with Crippen LogP contribution in [0, 0.1) is 0 Å². The molecule has 0 aliphatic rings. The Morgan fingerprint density at radius 3 is 3.07 bits per heavy atom. The van der Waals surface area contributed by atoms with Crippen LogP contribution in [0.25, 0.3) is 0 Å². The number of nitrogens with zero attached hydrogens (tertiary/aromatic N) is 2. The molecule has 3 N–H and O–H groups in total. The fourth-order valence-electron chi connectivity index (χ4n) is 0.849. The fraction of sp³-hybridized carbons (Fsp3) is 0.375. The van der Waals surface area contributed by atoms with E-state index in [9.17, 15) is 0 Å². The Morgan fingerprint density at radius 1 is 1.60 bits per heavy atom. The van der Waals surface area contributed by atoms with Crippen molar-refractivity contribution in [1.29, 1.82) is 0 Å². The molecule has 7 heteroatoms. The van der Waals surface area contributed by atoms with Crippen molar-refractivity contribution < 1.29 is 9.84 Å². The number of hydrogen-bond acceptors (Lipinski definition) is 5. The molecule has 0 bridgehead atoms. The summed E-state index contributed by atoms with van der Waals surface area (Å²) in [5, 5.41) is 14.6. The van der Waals surface area contributed by atoms with E-state index in [4.69, 9.17) is 22.1 Å². The van der Waals surface area contributed by atoms with Gasteiger partial charge in [0.25, 0.3) is 0 Å². The van der Waals surface area contributed by atoms with Crippen LogP contribution < -0.4 is 15.4 Å². The van der Waals surface area contributed by atoms with E-state index in [2.05, 4.69) is 20.6 Å². The third-order valence-electron chi connectivity index (χ3n) is 1.49. The van der Waals surface area contributed by atoms with Gasteiger partial charge in [0.15, 0.2) is 5.11 Å². The highest BCUT2D eigenvalue weighted by Crippen LogP contribution is 2.09. The number of aliphatic hydroxyl groups excluding tert-OH is 1. The molecular weight excluding hydrogens is 216 g/mol. The molecule has 6 nitrogen and oxygen atoms in total. The molecule has 0 saturated carbocycles. The SMILES string of the molecule is COc1cc(NC(=S)NCCO)ncn1. The highest BCUT2D eigenvalue weighted by Gasteiger charge is 2.00. The fourth-order valence-corrected chi connectivity index (χ4v) is 1.06. The van der Waals surface area contributed by atoms with Crippen molar-refractivity contribution in [3.05, 3.63) is 12.4 Å². The van der Waals surface area contributed by atoms with Gasteiger partial charge in [-0.25, -0.2) is 9.97 Å². The summed E-state index contributed by atoms with van der Waals surface area (Å²) in [5.41, 5.74) is 0. The molecule has 1 rings (SSSR count). The average Bonchev–Trinajstić information content (AvgIpc) is 2.26. The maximum absolute atomic E-state index is 8.57. The van der Waals surface area contributed by atoms with Crippen molar-refractivity contribution in [2.45, 2.75) is 0 Å². The minimum absolute atomic E-state index is 0.0227. The number of thiocarbonyl (C=S) groups is 1. The summed E-state index contributed by atoms with van der Waals surface area (Å²) >= 11 is 4.95. The summed E-state index contributed by atoms with van der Waals surface area (Å²) in [6.45, 7) is 0.420. The van der Waals surface area contributed by atoms with Gasteiger partial charge in [0, 0.05) is 12.6 Å². The van der Waals surface area contributed by atoms with E-state index in [-0.39, 0.29) is 6.61 Å². The first-order chi connectivity index (χ1) is 7.26. The molecule has 0 aliphatic heterocycles. The number of methoxy groups -OCH3 is 1. The van der Waals surface area contributed by atoms with Gasteiger partial charge in [-0.1, -0.05) is 0 Å². The van der Waals surface area contributed by atoms with Crippen molar-refractivity contribution in [3.63, 3.8) is 0 Å². The van der Waals surface area contributed by atoms with Gasteiger partial charge in [-0.2, -0.15) is 0 Å². The Balaban J connectivity index is 2.52. The Kier molecular flexibility index (Phi) is 4.72. The third kappa shape index (κ3) is 4.05. The number of nitrogens with one attached hydrogen (secondary N) is 2. The Hall–Kier alpha value is -1.47. The first-order valence-corrected chi connectivity index (χ1v) is 4.69. The second-order valence-corrected chi connectivity index (χ2v) is 2.96. The maximum atomic E-state index is 8.57. The van der Waals surface area contributed by atoms with Gasteiger partial charge >= 0.3 is 0 Å². The number of ether oxygens (including phenoxy) is 1. The molecule has 0 aromatic carbocycles. The summed E-state index contributed by atoms with van der Waals surface area (Å²) in [6, 6.07) is 1.62. The van der Waals surface area contributed by atoms with Crippen LogP contribution in [-0.2, 0) is 0 Å². The van der Waals surface area contributed by atoms with Crippen molar-refractivity contribution >= 4 is 23.1 Å². The second kappa shape index (κ2) is 6.10. The molecule has 0 saturated heterocycles. The quantitative estimate of drug-likeness (QED) is 0.614. The average molecular weight is 228 g/mol. The number of aromatic nitrogens is 2. The third-order valence-corrected chi connectivity index (χ3v) is 1.74. The van der Waals surface area contributed by atoms with Crippen LogP contribution in [0.5, 0.6) is 5.88 Å². The molecule has 0 aliphatic carbocycles. The summed E-state index contributed by atoms with van der Waals surface area (Å²) in [7, 11) is 1.52. The van der Waals surface area contributed by atoms with Crippen molar-refractivity contribution in [2.24, 2.45) is 0 Å². The standard InChI is InChI=1S/C8H12N4O2S/c1-14-7-4-6(10-5-11-7)12-8(15)9-2-3-13/h4-5,13H,2-3H2,1H3,(H2,9,10,11,12,15). The Labute approximate surface area is 92.7 Å². The molecule has 1 aromatic rings. The van der Waals surface area contributed by atoms with Crippen LogP contribution in [-0.4, -0.2) is 40.4 Å². The number of aliphatic hydroxyl groups is 1. The predicted molar refractivity (Wildman–Crippen MR) is 59.9 cm³/mol. The lowest BCUT2D eigenvalue weighted by Crippen LogP contribution is -2.31. The monoisotopic (exact) mass is 228 g/mol. The van der Waals surface area contributed by atoms with E-state index >= 15 is 0 Å². The van der Waals surface area contributed by atoms with E-state index in [1.54, 1.807) is 6.07 Å². The van der Waals surface area contributed by atoms with E-state index in [1.807, 2.05) is 0 Å². The molecule has 0 atom stereocenters. The number of hydrogen-bond donors (Lipinski definition) is 3. The molecule has 1 heterocycles. The molecule has 1 aromatic heterocycles. The van der Waals surface area contributed by atoms with Crippen molar-refractivity contribution in [1.82, 2.24) is 15.3 Å². The highest BCUT2D eigenvalue weighted by atomic mass is 32.1. The van der Waals surface area contributed by atoms with Crippen LogP contribution in [0.2, 0.25) is 0 Å². The largest absolute Gasteiger partial charge is 0.481 e. The van der Waals surface area contributed by atoms with Crippen LogP contribution in [0.1, 0.15) is 0 Å². The molecule has 15 heavy (non-hydrogen) atoms. The Bertz CT molecular complexity index is 334. The van der Waals surface area contributed by atoms with Gasteiger partial charge in [0.1, 0.15) is 12.1 Å². The van der Waals surface area contributed by atoms with E-state index < -0.39 is 0 Å². The molecule has 0 radical (unpaired) electrons. The zero-order valence-electron chi connectivity index (χ0n) is 8.23. The molecule has 0 amide bonds. The van der Waals surface area contributed by atoms with Crippen LogP contribution >= 0.6 is 12.2 Å². The summed E-state index contributed by atoms with van der Waals surface area (Å²) < 4.78 is 4.92. The first-order valence-electron chi connectivity index (χ1n) is 4.28. The topological polar surface area (TPSA) is 79.3 Å². The van der Waals surface area contributed by atoms with Gasteiger partial charge in [0.05, 0.1) is 13.7 Å². The van der Waals surface area contributed by atoms with E-state index in [0.29, 0.717) is 23.4 Å². The zero-order valence-corrected chi connectivity index (χ0v) is 9.04. The molecule has 0 spiro atoms. The Morgan fingerprint density at radius 2 is 2.40 bits per heavy atom. The van der Waals surface area contributed by atoms with Crippen LogP contribution in [0.4, 0.5) is 5.82 Å². The van der Waals surface area contributed by atoms with Crippen molar-refractivity contribution in [2.75, 3.05) is 25.6 Å². The van der Waals surface area contributed by atoms with Crippen LogP contribution in [0.3, 0.4) is 0 Å². The molecule has 0 fully saturated rings. The summed E-state index contributed by atoms with van der Waals surface area (Å²) in [5.74, 6) is 0.995. The molecule has 0 unspecified atom stereocenters. The second-order valence-electron chi connectivity index (χ2n) is 2.55. The zero-order chi connectivity index (χ0) is 11.1. The lowest BCUT2D eigenvalue weighted by molar-refractivity contribution is 0.300. The van der Waals surface area contributed by atoms with Gasteiger partial charge in [-0.15, -0.1) is 0 Å². The van der Waals surface area contributed by atoms with E-state index in [0.717, 1.165) is 0 Å². The normalized spacial score (nSPS) is 9.47. The first kappa shape index (κ1) is 11.6. The van der Waals surface area contributed by atoms with E-state index in [1.165, 1.54) is 13.4 Å². The highest BCUT2D eigenvalue weighted by molar-refractivity contribution is 7.80. The number of rotatable bonds is 4. The minimum Gasteiger partial charge on any atom is -0.481 e. The predicted octanol–water partition coefficient (Wildman–Crippen LogP) is -0.236. The van der Waals surface area contributed by atoms with Crippen LogP contribution in [0.15, 0.2) is 12.4 Å². The van der Waals surface area contributed by atoms with Crippen molar-refractivity contribution in [3.8, 4) is 5.88 Å². The van der Waals surface area contributed by atoms with Gasteiger partial charge in [0.2, 0.25) is 5.88 Å². The minimum atomic E-state index is 0.0227. The van der Waals surface area contributed by atoms with Gasteiger partial charge in [-0.3, -0.25) is 0 Å². The lowest BCUT2D eigenvalue weighted by atomic mass is 10.5. The smallest absolute Gasteiger partial charge is 0.218 e. The molecular formula is C8H12N4O2S. The maximum Gasteiger partial charge on any atom is 0.218 e. The number of anilines is 1. The summed E-state index contributed by atoms with van der Waals surface area (Å²) in [6.07, 6.45) is 1.37. The van der Waals surface area contributed by atoms with Gasteiger partial charge < -0.3 is 20.5 Å².